The zero-order chi connectivity index (χ0) is 19.3. The lowest BCUT2D eigenvalue weighted by atomic mass is 9.99. The minimum absolute atomic E-state index is 0.0891. The van der Waals surface area contributed by atoms with Crippen LogP contribution in [0.2, 0.25) is 5.02 Å². The molecule has 1 fully saturated rings. The average Bonchev–Trinajstić information content (AvgIpc) is 2.68. The van der Waals surface area contributed by atoms with Crippen LogP contribution in [-0.4, -0.2) is 36.7 Å². The van der Waals surface area contributed by atoms with Crippen LogP contribution < -0.4 is 5.32 Å². The summed E-state index contributed by atoms with van der Waals surface area (Å²) >= 11 is 5.85. The van der Waals surface area contributed by atoms with Crippen molar-refractivity contribution in [3.05, 3.63) is 64.9 Å². The van der Waals surface area contributed by atoms with Crippen molar-refractivity contribution in [2.45, 2.75) is 25.1 Å². The lowest BCUT2D eigenvalue weighted by Crippen LogP contribution is -2.45. The van der Waals surface area contributed by atoms with Crippen molar-refractivity contribution in [3.8, 4) is 0 Å². The molecule has 0 aliphatic carbocycles. The van der Waals surface area contributed by atoms with E-state index in [9.17, 15) is 13.2 Å². The van der Waals surface area contributed by atoms with Gasteiger partial charge < -0.3 is 5.32 Å². The number of hydrogen-bond acceptors (Lipinski definition) is 4. The number of benzene rings is 1. The van der Waals surface area contributed by atoms with E-state index in [1.54, 1.807) is 36.7 Å². The van der Waals surface area contributed by atoms with Crippen molar-refractivity contribution in [3.63, 3.8) is 0 Å². The maximum atomic E-state index is 12.7. The molecular weight excluding hydrogens is 386 g/mol. The Hall–Kier alpha value is -1.96. The molecule has 27 heavy (non-hydrogen) atoms. The molecule has 1 N–H and O–H groups in total. The van der Waals surface area contributed by atoms with E-state index in [1.807, 2.05) is 12.1 Å². The molecule has 1 aromatic heterocycles. The first-order valence-electron chi connectivity index (χ1n) is 8.83. The van der Waals surface area contributed by atoms with Crippen LogP contribution in [0.3, 0.4) is 0 Å². The fourth-order valence-electron chi connectivity index (χ4n) is 3.13. The third kappa shape index (κ3) is 5.51. The molecule has 1 aromatic carbocycles. The molecule has 0 spiro atoms. The van der Waals surface area contributed by atoms with E-state index in [2.05, 4.69) is 10.3 Å². The lowest BCUT2D eigenvalue weighted by Gasteiger charge is -2.31. The summed E-state index contributed by atoms with van der Waals surface area (Å²) in [6.07, 6.45) is 4.73. The normalized spacial score (nSPS) is 18.2. The van der Waals surface area contributed by atoms with Gasteiger partial charge in [-0.1, -0.05) is 29.8 Å². The Morgan fingerprint density at radius 3 is 2.70 bits per heavy atom. The quantitative estimate of drug-likeness (QED) is 0.798. The van der Waals surface area contributed by atoms with Crippen molar-refractivity contribution in [2.75, 3.05) is 13.1 Å². The summed E-state index contributed by atoms with van der Waals surface area (Å²) in [7, 11) is -3.48. The fourth-order valence-corrected chi connectivity index (χ4v) is 4.86. The fraction of sp³-hybridized carbons (Fsp3) is 0.368. The van der Waals surface area contributed by atoms with Crippen molar-refractivity contribution < 1.29 is 13.2 Å². The molecule has 6 nitrogen and oxygen atoms in total. The first-order chi connectivity index (χ1) is 12.9. The van der Waals surface area contributed by atoms with E-state index in [-0.39, 0.29) is 24.1 Å². The maximum Gasteiger partial charge on any atom is 0.224 e. The molecule has 3 rings (SSSR count). The molecule has 1 aliphatic rings. The number of aromatic nitrogens is 1. The van der Waals surface area contributed by atoms with Gasteiger partial charge in [-0.15, -0.1) is 0 Å². The molecule has 1 atom stereocenters. The number of carbonyl (C=O) groups excluding carboxylic acids is 1. The molecule has 1 amide bonds. The van der Waals surface area contributed by atoms with Crippen LogP contribution in [0.25, 0.3) is 0 Å². The highest BCUT2D eigenvalue weighted by molar-refractivity contribution is 7.88. The highest BCUT2D eigenvalue weighted by Crippen LogP contribution is 2.22. The van der Waals surface area contributed by atoms with Gasteiger partial charge in [-0.05, 0) is 42.2 Å². The molecule has 0 bridgehead atoms. The summed E-state index contributed by atoms with van der Waals surface area (Å²) in [6.45, 7) is 1.05. The Balaban J connectivity index is 1.59. The summed E-state index contributed by atoms with van der Waals surface area (Å²) in [6, 6.07) is 10.5. The lowest BCUT2D eigenvalue weighted by molar-refractivity contribution is -0.126. The number of sulfonamides is 1. The average molecular weight is 408 g/mol. The van der Waals surface area contributed by atoms with Gasteiger partial charge in [0.25, 0.3) is 0 Å². The Bertz CT molecular complexity index is 873. The molecule has 144 valence electrons. The molecule has 1 saturated heterocycles. The van der Waals surface area contributed by atoms with Crippen molar-refractivity contribution >= 4 is 27.5 Å². The Morgan fingerprint density at radius 1 is 1.22 bits per heavy atom. The van der Waals surface area contributed by atoms with Gasteiger partial charge in [-0.2, -0.15) is 0 Å². The highest BCUT2D eigenvalue weighted by Gasteiger charge is 2.32. The van der Waals surface area contributed by atoms with Gasteiger partial charge in [0.15, 0.2) is 0 Å². The predicted octanol–water partition coefficient (Wildman–Crippen LogP) is 2.59. The van der Waals surface area contributed by atoms with Gasteiger partial charge in [-0.25, -0.2) is 12.7 Å². The van der Waals surface area contributed by atoms with Crippen molar-refractivity contribution in [1.82, 2.24) is 14.6 Å². The van der Waals surface area contributed by atoms with Crippen LogP contribution in [0.1, 0.15) is 24.0 Å². The summed E-state index contributed by atoms with van der Waals surface area (Å²) in [5.74, 6) is -0.547. The minimum Gasteiger partial charge on any atom is -0.352 e. The SMILES string of the molecule is O=C(NCc1cccnc1)C1CCCN(S(=O)(=O)Cc2ccc(Cl)cc2)C1. The van der Waals surface area contributed by atoms with Gasteiger partial charge in [0.1, 0.15) is 0 Å². The molecule has 2 heterocycles. The summed E-state index contributed by atoms with van der Waals surface area (Å²) < 4.78 is 26.9. The van der Waals surface area contributed by atoms with E-state index < -0.39 is 10.0 Å². The number of rotatable bonds is 6. The molecule has 1 unspecified atom stereocenters. The standard InChI is InChI=1S/C19H22ClN3O3S/c20-18-7-5-15(6-8-18)14-27(25,26)23-10-2-4-17(13-23)19(24)22-12-16-3-1-9-21-11-16/h1,3,5-9,11,17H,2,4,10,12-14H2,(H,22,24). The van der Waals surface area contributed by atoms with Crippen LogP contribution in [0.4, 0.5) is 0 Å². The number of amides is 1. The van der Waals surface area contributed by atoms with Crippen LogP contribution >= 0.6 is 11.6 Å². The first-order valence-corrected chi connectivity index (χ1v) is 10.8. The van der Waals surface area contributed by atoms with Crippen molar-refractivity contribution in [1.29, 1.82) is 0 Å². The maximum absolute atomic E-state index is 12.7. The Labute approximate surface area is 164 Å². The molecule has 8 heteroatoms. The topological polar surface area (TPSA) is 79.4 Å². The molecule has 0 saturated carbocycles. The van der Waals surface area contributed by atoms with E-state index in [1.165, 1.54) is 4.31 Å². The molecule has 2 aromatic rings. The van der Waals surface area contributed by atoms with Crippen molar-refractivity contribution in [2.24, 2.45) is 5.92 Å². The molecule has 0 radical (unpaired) electrons. The van der Waals surface area contributed by atoms with Gasteiger partial charge >= 0.3 is 0 Å². The molecule has 1 aliphatic heterocycles. The summed E-state index contributed by atoms with van der Waals surface area (Å²) in [5.41, 5.74) is 1.59. The van der Waals surface area contributed by atoms with Gasteiger partial charge in [0.05, 0.1) is 11.7 Å². The Kier molecular flexibility index (Phi) is 6.46. The van der Waals surface area contributed by atoms with Crippen LogP contribution in [0.15, 0.2) is 48.8 Å². The monoisotopic (exact) mass is 407 g/mol. The van der Waals surface area contributed by atoms with E-state index in [4.69, 9.17) is 11.6 Å². The largest absolute Gasteiger partial charge is 0.352 e. The number of carbonyl (C=O) groups is 1. The van der Waals surface area contributed by atoms with E-state index >= 15 is 0 Å². The van der Waals surface area contributed by atoms with Gasteiger partial charge in [0.2, 0.25) is 15.9 Å². The van der Waals surface area contributed by atoms with Gasteiger partial charge in [-0.3, -0.25) is 9.78 Å². The second kappa shape index (κ2) is 8.82. The predicted molar refractivity (Wildman–Crippen MR) is 104 cm³/mol. The highest BCUT2D eigenvalue weighted by atomic mass is 35.5. The second-order valence-electron chi connectivity index (χ2n) is 6.66. The Morgan fingerprint density at radius 2 is 2.00 bits per heavy atom. The summed E-state index contributed by atoms with van der Waals surface area (Å²) in [5, 5.41) is 3.45. The zero-order valence-electron chi connectivity index (χ0n) is 14.8. The first kappa shape index (κ1) is 19.8. The number of halogens is 1. The van der Waals surface area contributed by atoms with Crippen LogP contribution in [-0.2, 0) is 27.1 Å². The minimum atomic E-state index is -3.48. The van der Waals surface area contributed by atoms with Crippen LogP contribution in [0, 0.1) is 5.92 Å². The number of pyridine rings is 1. The van der Waals surface area contributed by atoms with Gasteiger partial charge in [0, 0.05) is 37.1 Å². The number of nitrogens with one attached hydrogen (secondary N) is 1. The van der Waals surface area contributed by atoms with E-state index in [0.29, 0.717) is 36.5 Å². The van der Waals surface area contributed by atoms with E-state index in [0.717, 1.165) is 5.56 Å². The smallest absolute Gasteiger partial charge is 0.224 e. The number of nitrogens with zero attached hydrogens (tertiary/aromatic N) is 2. The summed E-state index contributed by atoms with van der Waals surface area (Å²) in [4.78, 5) is 16.5. The third-order valence-corrected chi connectivity index (χ3v) is 6.67. The zero-order valence-corrected chi connectivity index (χ0v) is 16.4. The van der Waals surface area contributed by atoms with Crippen LogP contribution in [0.5, 0.6) is 0 Å². The third-order valence-electron chi connectivity index (χ3n) is 4.60. The number of hydrogen-bond donors (Lipinski definition) is 1. The molecular formula is C19H22ClN3O3S. The second-order valence-corrected chi connectivity index (χ2v) is 9.06. The number of piperidine rings is 1.